The van der Waals surface area contributed by atoms with Gasteiger partial charge in [-0.05, 0) is 69.8 Å². The molecule has 0 aliphatic carbocycles. The molecule has 2 fully saturated rings. The van der Waals surface area contributed by atoms with Crippen LogP contribution in [-0.4, -0.2) is 49.8 Å². The molecule has 2 aliphatic heterocycles. The zero-order chi connectivity index (χ0) is 18.1. The number of benzene rings is 1. The number of nitrogens with zero attached hydrogens (tertiary/aromatic N) is 1. The number of likely N-dealkylation sites (tertiary alicyclic amines) is 1. The first-order chi connectivity index (χ1) is 11.8. The highest BCUT2D eigenvalue weighted by molar-refractivity contribution is 6.32. The van der Waals surface area contributed by atoms with Crippen LogP contribution < -0.4 is 10.1 Å². The van der Waals surface area contributed by atoms with Crippen LogP contribution in [0.1, 0.15) is 33.1 Å². The fraction of sp³-hybridized carbons (Fsp3) is 0.632. The normalized spacial score (nSPS) is 22.1. The lowest BCUT2D eigenvalue weighted by Crippen LogP contribution is -2.44. The topological polar surface area (TPSA) is 50.8 Å². The highest BCUT2D eigenvalue weighted by Crippen LogP contribution is 2.46. The van der Waals surface area contributed by atoms with Gasteiger partial charge in [0.1, 0.15) is 5.75 Å². The van der Waals surface area contributed by atoms with Crippen molar-refractivity contribution in [1.82, 2.24) is 4.90 Å². The lowest BCUT2D eigenvalue weighted by molar-refractivity contribution is -0.117. The van der Waals surface area contributed by atoms with Gasteiger partial charge in [-0.2, -0.15) is 0 Å². The van der Waals surface area contributed by atoms with Crippen molar-refractivity contribution in [3.63, 3.8) is 0 Å². The maximum absolute atomic E-state index is 12.3. The van der Waals surface area contributed by atoms with E-state index in [0.29, 0.717) is 28.4 Å². The number of nitrogens with one attached hydrogen (secondary N) is 1. The van der Waals surface area contributed by atoms with Gasteiger partial charge in [-0.3, -0.25) is 9.69 Å². The molecule has 6 heteroatoms. The summed E-state index contributed by atoms with van der Waals surface area (Å²) in [6.07, 6.45) is 3.31. The van der Waals surface area contributed by atoms with Crippen LogP contribution >= 0.6 is 11.6 Å². The highest BCUT2D eigenvalue weighted by atomic mass is 35.5. The van der Waals surface area contributed by atoms with Crippen LogP contribution in [0.15, 0.2) is 18.2 Å². The van der Waals surface area contributed by atoms with Crippen molar-refractivity contribution >= 4 is 23.2 Å². The number of piperidine rings is 1. The van der Waals surface area contributed by atoms with Gasteiger partial charge in [0.05, 0.1) is 30.9 Å². The Morgan fingerprint density at radius 1 is 1.36 bits per heavy atom. The first kappa shape index (κ1) is 18.5. The van der Waals surface area contributed by atoms with E-state index in [1.165, 1.54) is 0 Å². The zero-order valence-electron chi connectivity index (χ0n) is 15.2. The van der Waals surface area contributed by atoms with Gasteiger partial charge in [-0.1, -0.05) is 11.6 Å². The van der Waals surface area contributed by atoms with Gasteiger partial charge in [0.2, 0.25) is 5.91 Å². The van der Waals surface area contributed by atoms with Gasteiger partial charge in [0.15, 0.2) is 0 Å². The van der Waals surface area contributed by atoms with Crippen LogP contribution in [0.5, 0.6) is 5.75 Å². The second kappa shape index (κ2) is 7.14. The van der Waals surface area contributed by atoms with Gasteiger partial charge in [-0.15, -0.1) is 0 Å². The Bertz CT molecular complexity index is 640. The summed E-state index contributed by atoms with van der Waals surface area (Å²) in [6, 6.07) is 5.26. The quantitative estimate of drug-likeness (QED) is 0.885. The van der Waals surface area contributed by atoms with Gasteiger partial charge < -0.3 is 14.8 Å². The molecule has 5 nitrogen and oxygen atoms in total. The molecule has 0 bridgehead atoms. The molecule has 1 aromatic carbocycles. The fourth-order valence-electron chi connectivity index (χ4n) is 4.01. The molecule has 1 amide bonds. The number of ether oxygens (including phenoxy) is 2. The Labute approximate surface area is 154 Å². The van der Waals surface area contributed by atoms with Crippen LogP contribution in [0.4, 0.5) is 5.69 Å². The zero-order valence-corrected chi connectivity index (χ0v) is 16.0. The first-order valence-electron chi connectivity index (χ1n) is 8.81. The Hall–Kier alpha value is -1.30. The third-order valence-electron chi connectivity index (χ3n) is 5.29. The van der Waals surface area contributed by atoms with Crippen molar-refractivity contribution in [1.29, 1.82) is 0 Å². The van der Waals surface area contributed by atoms with E-state index in [-0.39, 0.29) is 11.5 Å². The van der Waals surface area contributed by atoms with Crippen molar-refractivity contribution in [2.45, 2.75) is 38.7 Å². The predicted octanol–water partition coefficient (Wildman–Crippen LogP) is 3.57. The number of carbonyl (C=O) groups is 1. The minimum atomic E-state index is -0.0137. The molecule has 0 aromatic heterocycles. The molecular weight excluding hydrogens is 340 g/mol. The van der Waals surface area contributed by atoms with Crippen molar-refractivity contribution in [2.75, 3.05) is 38.7 Å². The molecule has 1 spiro atoms. The number of hydrogen-bond acceptors (Lipinski definition) is 4. The van der Waals surface area contributed by atoms with Crippen molar-refractivity contribution < 1.29 is 14.3 Å². The SMILES string of the molecule is COc1ccc(NC(=O)CN2CCC3(CC2)COC(C)(C)C3)cc1Cl. The van der Waals surface area contributed by atoms with E-state index in [1.807, 2.05) is 0 Å². The molecule has 2 heterocycles. The third-order valence-corrected chi connectivity index (χ3v) is 5.58. The van der Waals surface area contributed by atoms with Crippen LogP contribution in [0.3, 0.4) is 0 Å². The number of hydrogen-bond donors (Lipinski definition) is 1. The average molecular weight is 367 g/mol. The summed E-state index contributed by atoms with van der Waals surface area (Å²) in [7, 11) is 1.57. The summed E-state index contributed by atoms with van der Waals surface area (Å²) in [4.78, 5) is 14.5. The maximum Gasteiger partial charge on any atom is 0.238 e. The Morgan fingerprint density at radius 2 is 2.08 bits per heavy atom. The van der Waals surface area contributed by atoms with E-state index in [2.05, 4.69) is 24.1 Å². The maximum atomic E-state index is 12.3. The third kappa shape index (κ3) is 4.46. The lowest BCUT2D eigenvalue weighted by atomic mass is 9.74. The van der Waals surface area contributed by atoms with Gasteiger partial charge in [0, 0.05) is 5.69 Å². The Balaban J connectivity index is 1.49. The Kier molecular flexibility index (Phi) is 5.28. The summed E-state index contributed by atoms with van der Waals surface area (Å²) < 4.78 is 11.1. The molecule has 1 N–H and O–H groups in total. The standard InChI is InChI=1S/C19H27ClN2O3/c1-18(2)12-19(13-25-18)6-8-22(9-7-19)11-17(23)21-14-4-5-16(24-3)15(20)10-14/h4-5,10H,6-9,11-13H2,1-3H3,(H,21,23). The van der Waals surface area contributed by atoms with Gasteiger partial charge in [0.25, 0.3) is 0 Å². The fourth-order valence-corrected chi connectivity index (χ4v) is 4.27. The lowest BCUT2D eigenvalue weighted by Gasteiger charge is -2.38. The van der Waals surface area contributed by atoms with E-state index < -0.39 is 0 Å². The second-order valence-electron chi connectivity index (χ2n) is 7.90. The Morgan fingerprint density at radius 3 is 2.64 bits per heavy atom. The summed E-state index contributed by atoms with van der Waals surface area (Å²) in [6.45, 7) is 7.48. The van der Waals surface area contributed by atoms with Crippen LogP contribution in [0.2, 0.25) is 5.02 Å². The van der Waals surface area contributed by atoms with Gasteiger partial charge in [-0.25, -0.2) is 0 Å². The molecule has 0 atom stereocenters. The van der Waals surface area contributed by atoms with Crippen LogP contribution in [0.25, 0.3) is 0 Å². The summed E-state index contributed by atoms with van der Waals surface area (Å²) in [5.41, 5.74) is 0.989. The van der Waals surface area contributed by atoms with Crippen molar-refractivity contribution in [3.8, 4) is 5.75 Å². The molecule has 25 heavy (non-hydrogen) atoms. The smallest absolute Gasteiger partial charge is 0.238 e. The van der Waals surface area contributed by atoms with E-state index in [9.17, 15) is 4.79 Å². The van der Waals surface area contributed by atoms with Gasteiger partial charge >= 0.3 is 0 Å². The van der Waals surface area contributed by atoms with E-state index in [0.717, 1.165) is 39.0 Å². The second-order valence-corrected chi connectivity index (χ2v) is 8.31. The average Bonchev–Trinajstić information content (AvgIpc) is 2.85. The molecule has 3 rings (SSSR count). The number of anilines is 1. The molecule has 0 radical (unpaired) electrons. The van der Waals surface area contributed by atoms with Crippen molar-refractivity contribution in [2.24, 2.45) is 5.41 Å². The number of carbonyl (C=O) groups excluding carboxylic acids is 1. The first-order valence-corrected chi connectivity index (χ1v) is 9.18. The molecule has 0 unspecified atom stereocenters. The van der Waals surface area contributed by atoms with E-state index >= 15 is 0 Å². The number of methoxy groups -OCH3 is 1. The van der Waals surface area contributed by atoms with Crippen molar-refractivity contribution in [3.05, 3.63) is 23.2 Å². The monoisotopic (exact) mass is 366 g/mol. The van der Waals surface area contributed by atoms with E-state index in [4.69, 9.17) is 21.1 Å². The number of rotatable bonds is 4. The molecular formula is C19H27ClN2O3. The molecule has 2 saturated heterocycles. The summed E-state index contributed by atoms with van der Waals surface area (Å²) in [5.74, 6) is 0.586. The minimum absolute atomic E-state index is 0.00677. The molecule has 1 aromatic rings. The largest absolute Gasteiger partial charge is 0.495 e. The van der Waals surface area contributed by atoms with Crippen LogP contribution in [-0.2, 0) is 9.53 Å². The van der Waals surface area contributed by atoms with Crippen LogP contribution in [0, 0.1) is 5.41 Å². The molecule has 0 saturated carbocycles. The summed E-state index contributed by atoms with van der Waals surface area (Å²) >= 11 is 6.10. The number of amides is 1. The summed E-state index contributed by atoms with van der Waals surface area (Å²) in [5, 5.41) is 3.40. The molecule has 2 aliphatic rings. The molecule has 138 valence electrons. The minimum Gasteiger partial charge on any atom is -0.495 e. The predicted molar refractivity (Wildman–Crippen MR) is 99.4 cm³/mol. The van der Waals surface area contributed by atoms with E-state index in [1.54, 1.807) is 25.3 Å². The number of halogens is 1. The highest BCUT2D eigenvalue weighted by Gasteiger charge is 2.45.